The third kappa shape index (κ3) is 4.69. The molecule has 130 valence electrons. The molecule has 0 bridgehead atoms. The monoisotopic (exact) mass is 333 g/mol. The molecule has 3 amide bonds. The summed E-state index contributed by atoms with van der Waals surface area (Å²) in [6.07, 6.45) is 4.92. The van der Waals surface area contributed by atoms with Crippen molar-refractivity contribution in [3.05, 3.63) is 30.1 Å². The first-order valence-corrected chi connectivity index (χ1v) is 8.71. The maximum Gasteiger partial charge on any atom is 0.321 e. The zero-order valence-electron chi connectivity index (χ0n) is 13.8. The lowest BCUT2D eigenvalue weighted by Crippen LogP contribution is -2.41. The van der Waals surface area contributed by atoms with Crippen LogP contribution in [0.2, 0.25) is 0 Å². The fraction of sp³-hybridized carbons (Fsp3) is 0.556. The molecule has 1 aromatic carbocycles. The number of hydrogen-bond donors (Lipinski definition) is 2. The number of nitrogens with one attached hydrogen (secondary N) is 2. The Kier molecular flexibility index (Phi) is 5.33. The summed E-state index contributed by atoms with van der Waals surface area (Å²) in [5.74, 6) is 0.641. The SMILES string of the molecule is O=C(NCCC1CCN(C(=O)Nc2cccc(F)c2)CC1)C1CC1. The average molecular weight is 333 g/mol. The number of likely N-dealkylation sites (tertiary alicyclic amines) is 1. The molecule has 1 aliphatic carbocycles. The molecule has 1 aliphatic heterocycles. The molecule has 24 heavy (non-hydrogen) atoms. The topological polar surface area (TPSA) is 61.4 Å². The van der Waals surface area contributed by atoms with Crippen molar-refractivity contribution < 1.29 is 14.0 Å². The van der Waals surface area contributed by atoms with Crippen molar-refractivity contribution in [2.75, 3.05) is 25.0 Å². The van der Waals surface area contributed by atoms with Crippen molar-refractivity contribution >= 4 is 17.6 Å². The van der Waals surface area contributed by atoms with Gasteiger partial charge in [0.2, 0.25) is 5.91 Å². The van der Waals surface area contributed by atoms with Crippen LogP contribution in [0.15, 0.2) is 24.3 Å². The standard InChI is InChI=1S/C18H24FN3O2/c19-15-2-1-3-16(12-15)21-18(24)22-10-7-13(8-11-22)6-9-20-17(23)14-4-5-14/h1-3,12-14H,4-11H2,(H,20,23)(H,21,24). The Bertz CT molecular complexity index is 596. The largest absolute Gasteiger partial charge is 0.356 e. The summed E-state index contributed by atoms with van der Waals surface area (Å²) in [5, 5.41) is 5.73. The molecule has 1 saturated heterocycles. The van der Waals surface area contributed by atoms with E-state index < -0.39 is 0 Å². The zero-order valence-corrected chi connectivity index (χ0v) is 13.8. The highest BCUT2D eigenvalue weighted by atomic mass is 19.1. The van der Waals surface area contributed by atoms with Gasteiger partial charge >= 0.3 is 6.03 Å². The summed E-state index contributed by atoms with van der Waals surface area (Å²) in [6.45, 7) is 2.13. The second kappa shape index (κ2) is 7.64. The van der Waals surface area contributed by atoms with Gasteiger partial charge in [-0.2, -0.15) is 0 Å². The maximum absolute atomic E-state index is 13.1. The third-order valence-electron chi connectivity index (χ3n) is 4.78. The summed E-state index contributed by atoms with van der Waals surface area (Å²) in [5.41, 5.74) is 0.477. The summed E-state index contributed by atoms with van der Waals surface area (Å²) in [6, 6.07) is 5.74. The zero-order chi connectivity index (χ0) is 16.9. The molecule has 0 spiro atoms. The van der Waals surface area contributed by atoms with Gasteiger partial charge in [-0.3, -0.25) is 4.79 Å². The van der Waals surface area contributed by atoms with Gasteiger partial charge in [0.1, 0.15) is 5.82 Å². The van der Waals surface area contributed by atoms with E-state index in [9.17, 15) is 14.0 Å². The predicted molar refractivity (Wildman–Crippen MR) is 90.1 cm³/mol. The van der Waals surface area contributed by atoms with Crippen LogP contribution < -0.4 is 10.6 Å². The Morgan fingerprint density at radius 3 is 2.58 bits per heavy atom. The molecule has 0 unspecified atom stereocenters. The van der Waals surface area contributed by atoms with Crippen molar-refractivity contribution in [2.24, 2.45) is 11.8 Å². The van der Waals surface area contributed by atoms with Gasteiger partial charge in [0.05, 0.1) is 0 Å². The second-order valence-corrected chi connectivity index (χ2v) is 6.72. The van der Waals surface area contributed by atoms with Gasteiger partial charge in [-0.05, 0) is 56.2 Å². The van der Waals surface area contributed by atoms with Crippen molar-refractivity contribution in [1.82, 2.24) is 10.2 Å². The molecule has 1 saturated carbocycles. The molecule has 0 radical (unpaired) electrons. The average Bonchev–Trinajstić information content (AvgIpc) is 3.40. The van der Waals surface area contributed by atoms with E-state index in [1.54, 1.807) is 17.0 Å². The summed E-state index contributed by atoms with van der Waals surface area (Å²) in [7, 11) is 0. The Morgan fingerprint density at radius 2 is 1.92 bits per heavy atom. The maximum atomic E-state index is 13.1. The van der Waals surface area contributed by atoms with Gasteiger partial charge in [-0.25, -0.2) is 9.18 Å². The fourth-order valence-corrected chi connectivity index (χ4v) is 3.08. The highest BCUT2D eigenvalue weighted by molar-refractivity contribution is 5.89. The first kappa shape index (κ1) is 16.7. The van der Waals surface area contributed by atoms with Crippen LogP contribution >= 0.6 is 0 Å². The Labute approximate surface area is 141 Å². The van der Waals surface area contributed by atoms with Gasteiger partial charge in [0, 0.05) is 31.2 Å². The van der Waals surface area contributed by atoms with Crippen LogP contribution in [-0.4, -0.2) is 36.5 Å². The van der Waals surface area contributed by atoms with Crippen molar-refractivity contribution in [3.8, 4) is 0 Å². The minimum absolute atomic E-state index is 0.180. The number of piperidine rings is 1. The number of carbonyl (C=O) groups excluding carboxylic acids is 2. The van der Waals surface area contributed by atoms with E-state index in [1.807, 2.05) is 0 Å². The van der Waals surface area contributed by atoms with E-state index in [2.05, 4.69) is 10.6 Å². The number of rotatable bonds is 5. The predicted octanol–water partition coefficient (Wildman–Crippen LogP) is 2.99. The molecule has 1 heterocycles. The van der Waals surface area contributed by atoms with Crippen LogP contribution in [0.25, 0.3) is 0 Å². The number of halogens is 1. The minimum Gasteiger partial charge on any atom is -0.356 e. The fourth-order valence-electron chi connectivity index (χ4n) is 3.08. The Balaban J connectivity index is 1.36. The molecule has 0 aromatic heterocycles. The number of nitrogens with zero attached hydrogens (tertiary/aromatic N) is 1. The number of benzene rings is 1. The first-order valence-electron chi connectivity index (χ1n) is 8.71. The van der Waals surface area contributed by atoms with Crippen LogP contribution in [-0.2, 0) is 4.79 Å². The quantitative estimate of drug-likeness (QED) is 0.870. The summed E-state index contributed by atoms with van der Waals surface area (Å²) < 4.78 is 13.1. The van der Waals surface area contributed by atoms with E-state index in [-0.39, 0.29) is 23.7 Å². The van der Waals surface area contributed by atoms with E-state index in [0.717, 1.165) is 38.6 Å². The molecular weight excluding hydrogens is 309 g/mol. The highest BCUT2D eigenvalue weighted by Crippen LogP contribution is 2.29. The Hall–Kier alpha value is -2.11. The van der Waals surface area contributed by atoms with Gasteiger partial charge in [-0.1, -0.05) is 6.07 Å². The lowest BCUT2D eigenvalue weighted by molar-refractivity contribution is -0.122. The van der Waals surface area contributed by atoms with Gasteiger partial charge < -0.3 is 15.5 Å². The molecule has 0 atom stereocenters. The van der Waals surface area contributed by atoms with Crippen molar-refractivity contribution in [3.63, 3.8) is 0 Å². The molecule has 2 aliphatic rings. The lowest BCUT2D eigenvalue weighted by Gasteiger charge is -2.32. The van der Waals surface area contributed by atoms with Gasteiger partial charge in [-0.15, -0.1) is 0 Å². The van der Waals surface area contributed by atoms with E-state index in [1.165, 1.54) is 12.1 Å². The Morgan fingerprint density at radius 1 is 1.17 bits per heavy atom. The number of carbonyl (C=O) groups is 2. The van der Waals surface area contributed by atoms with E-state index >= 15 is 0 Å². The highest BCUT2D eigenvalue weighted by Gasteiger charge is 2.29. The van der Waals surface area contributed by atoms with Gasteiger partial charge in [0.25, 0.3) is 0 Å². The number of amides is 3. The minimum atomic E-state index is -0.361. The summed E-state index contributed by atoms with van der Waals surface area (Å²) >= 11 is 0. The van der Waals surface area contributed by atoms with Crippen LogP contribution in [0.1, 0.15) is 32.1 Å². The molecule has 6 heteroatoms. The normalized spacial score (nSPS) is 18.3. The van der Waals surface area contributed by atoms with E-state index in [0.29, 0.717) is 24.7 Å². The smallest absolute Gasteiger partial charge is 0.321 e. The van der Waals surface area contributed by atoms with Crippen molar-refractivity contribution in [2.45, 2.75) is 32.1 Å². The van der Waals surface area contributed by atoms with E-state index in [4.69, 9.17) is 0 Å². The lowest BCUT2D eigenvalue weighted by atomic mass is 9.93. The third-order valence-corrected chi connectivity index (χ3v) is 4.78. The van der Waals surface area contributed by atoms with Crippen LogP contribution in [0.5, 0.6) is 0 Å². The molecule has 5 nitrogen and oxygen atoms in total. The molecule has 2 N–H and O–H groups in total. The van der Waals surface area contributed by atoms with Crippen LogP contribution in [0.4, 0.5) is 14.9 Å². The molecular formula is C18H24FN3O2. The first-order chi connectivity index (χ1) is 11.6. The second-order valence-electron chi connectivity index (χ2n) is 6.72. The summed E-state index contributed by atoms with van der Waals surface area (Å²) in [4.78, 5) is 25.6. The molecule has 2 fully saturated rings. The van der Waals surface area contributed by atoms with Crippen LogP contribution in [0, 0.1) is 17.7 Å². The van der Waals surface area contributed by atoms with Crippen LogP contribution in [0.3, 0.4) is 0 Å². The number of urea groups is 1. The number of hydrogen-bond acceptors (Lipinski definition) is 2. The number of anilines is 1. The van der Waals surface area contributed by atoms with Crippen molar-refractivity contribution in [1.29, 1.82) is 0 Å². The molecule has 3 rings (SSSR count). The molecule has 1 aromatic rings. The van der Waals surface area contributed by atoms with Gasteiger partial charge in [0.15, 0.2) is 0 Å².